The van der Waals surface area contributed by atoms with Crippen molar-refractivity contribution in [3.8, 4) is 5.75 Å². The van der Waals surface area contributed by atoms with E-state index in [2.05, 4.69) is 38.1 Å². The van der Waals surface area contributed by atoms with Crippen LogP contribution in [-0.4, -0.2) is 56.0 Å². The summed E-state index contributed by atoms with van der Waals surface area (Å²) in [7, 11) is 0. The third-order valence-corrected chi connectivity index (χ3v) is 6.81. The first-order valence-corrected chi connectivity index (χ1v) is 11.0. The molecule has 0 spiro atoms. The van der Waals surface area contributed by atoms with Gasteiger partial charge < -0.3 is 25.2 Å². The molecule has 0 amide bonds. The van der Waals surface area contributed by atoms with Gasteiger partial charge in [0.15, 0.2) is 5.44 Å². The van der Waals surface area contributed by atoms with Crippen molar-refractivity contribution >= 4 is 23.4 Å². The molecule has 29 heavy (non-hydrogen) atoms. The van der Waals surface area contributed by atoms with Crippen molar-refractivity contribution in [1.82, 2.24) is 0 Å². The Hall–Kier alpha value is -1.28. The van der Waals surface area contributed by atoms with E-state index in [9.17, 15) is 20.4 Å². The molecule has 1 saturated heterocycles. The van der Waals surface area contributed by atoms with Crippen molar-refractivity contribution in [2.45, 2.75) is 55.2 Å². The highest BCUT2D eigenvalue weighted by Gasteiger charge is 2.44. The number of halogens is 1. The standard InChI is InChI=1S/C22H27ClO5S/c1-12(2)14-5-3-13(4-6-14)9-15-10-16(23)7-8-17(15)28-22-21(27)20(26)19(25)18(11-24)29-22/h3-8,10,12,18-22,24-27H,9,11H2,1-2H3/t18?,19-,20+,21-,22-/m1/s1. The lowest BCUT2D eigenvalue weighted by Crippen LogP contribution is -2.55. The topological polar surface area (TPSA) is 90.2 Å². The molecule has 2 aromatic rings. The van der Waals surface area contributed by atoms with Gasteiger partial charge in [-0.15, -0.1) is 11.8 Å². The summed E-state index contributed by atoms with van der Waals surface area (Å²) in [6.45, 7) is 3.97. The zero-order chi connectivity index (χ0) is 21.1. The van der Waals surface area contributed by atoms with Crippen molar-refractivity contribution < 1.29 is 25.2 Å². The van der Waals surface area contributed by atoms with Crippen molar-refractivity contribution in [2.24, 2.45) is 0 Å². The highest BCUT2D eigenvalue weighted by atomic mass is 35.5. The Bertz CT molecular complexity index is 811. The highest BCUT2D eigenvalue weighted by Crippen LogP contribution is 2.36. The highest BCUT2D eigenvalue weighted by molar-refractivity contribution is 8.00. The normalized spacial score (nSPS) is 27.2. The lowest BCUT2D eigenvalue weighted by atomic mass is 9.98. The monoisotopic (exact) mass is 438 g/mol. The molecular weight excluding hydrogens is 412 g/mol. The lowest BCUT2D eigenvalue weighted by Gasteiger charge is -2.39. The summed E-state index contributed by atoms with van der Waals surface area (Å²) in [5.41, 5.74) is 2.39. The summed E-state index contributed by atoms with van der Waals surface area (Å²) in [6, 6.07) is 13.6. The van der Waals surface area contributed by atoms with Crippen LogP contribution in [0.15, 0.2) is 42.5 Å². The third kappa shape index (κ3) is 5.26. The van der Waals surface area contributed by atoms with Gasteiger partial charge in [-0.05, 0) is 35.2 Å². The third-order valence-electron chi connectivity index (χ3n) is 5.16. The number of aliphatic hydroxyl groups is 4. The van der Waals surface area contributed by atoms with Crippen LogP contribution in [0.3, 0.4) is 0 Å². The van der Waals surface area contributed by atoms with Gasteiger partial charge in [0.2, 0.25) is 0 Å². The van der Waals surface area contributed by atoms with Gasteiger partial charge in [-0.3, -0.25) is 0 Å². The molecule has 1 aliphatic rings. The maximum absolute atomic E-state index is 10.3. The van der Waals surface area contributed by atoms with Crippen LogP contribution in [0.4, 0.5) is 0 Å². The summed E-state index contributed by atoms with van der Waals surface area (Å²) >= 11 is 7.30. The summed E-state index contributed by atoms with van der Waals surface area (Å²) < 4.78 is 6.01. The van der Waals surface area contributed by atoms with E-state index in [1.165, 1.54) is 5.56 Å². The molecule has 158 valence electrons. The number of benzene rings is 2. The van der Waals surface area contributed by atoms with E-state index < -0.39 is 29.0 Å². The van der Waals surface area contributed by atoms with Crippen LogP contribution in [0.1, 0.15) is 36.5 Å². The number of rotatable bonds is 6. The Kier molecular flexibility index (Phi) is 7.48. The fraction of sp³-hybridized carbons (Fsp3) is 0.455. The molecule has 5 atom stereocenters. The quantitative estimate of drug-likeness (QED) is 0.554. The largest absolute Gasteiger partial charge is 0.477 e. The van der Waals surface area contributed by atoms with E-state index in [1.807, 2.05) is 6.07 Å². The SMILES string of the molecule is CC(C)c1ccc(Cc2cc(Cl)ccc2O[C@@H]2SC(CO)[C@@H](O)[C@H](O)[C@H]2O)cc1. The minimum Gasteiger partial charge on any atom is -0.477 e. The number of hydrogen-bond donors (Lipinski definition) is 4. The van der Waals surface area contributed by atoms with Crippen molar-refractivity contribution in [1.29, 1.82) is 0 Å². The van der Waals surface area contributed by atoms with Gasteiger partial charge in [-0.1, -0.05) is 49.7 Å². The molecule has 1 unspecified atom stereocenters. The number of ether oxygens (including phenoxy) is 1. The molecule has 0 radical (unpaired) electrons. The van der Waals surface area contributed by atoms with Gasteiger partial charge in [-0.25, -0.2) is 0 Å². The first-order chi connectivity index (χ1) is 13.8. The molecular formula is C22H27ClO5S. The molecule has 0 saturated carbocycles. The van der Waals surface area contributed by atoms with Crippen LogP contribution in [0.2, 0.25) is 5.02 Å². The number of thioether (sulfide) groups is 1. The van der Waals surface area contributed by atoms with Gasteiger partial charge in [-0.2, -0.15) is 0 Å². The molecule has 1 fully saturated rings. The van der Waals surface area contributed by atoms with Gasteiger partial charge in [0.25, 0.3) is 0 Å². The van der Waals surface area contributed by atoms with Crippen LogP contribution in [0.25, 0.3) is 0 Å². The number of hydrogen-bond acceptors (Lipinski definition) is 6. The Morgan fingerprint density at radius 1 is 1.00 bits per heavy atom. The fourth-order valence-corrected chi connectivity index (χ4v) is 4.76. The second-order valence-corrected chi connectivity index (χ2v) is 9.42. The van der Waals surface area contributed by atoms with E-state index in [-0.39, 0.29) is 6.61 Å². The molecule has 4 N–H and O–H groups in total. The van der Waals surface area contributed by atoms with Gasteiger partial charge >= 0.3 is 0 Å². The van der Waals surface area contributed by atoms with Crippen molar-refractivity contribution in [2.75, 3.05) is 6.61 Å². The fourth-order valence-electron chi connectivity index (χ4n) is 3.33. The molecule has 1 aliphatic heterocycles. The minimum absolute atomic E-state index is 0.328. The van der Waals surface area contributed by atoms with E-state index >= 15 is 0 Å². The van der Waals surface area contributed by atoms with Crippen LogP contribution < -0.4 is 4.74 Å². The first-order valence-electron chi connectivity index (χ1n) is 9.64. The van der Waals surface area contributed by atoms with E-state index in [0.29, 0.717) is 23.1 Å². The average Bonchev–Trinajstić information content (AvgIpc) is 2.70. The zero-order valence-electron chi connectivity index (χ0n) is 16.4. The maximum atomic E-state index is 10.3. The van der Waals surface area contributed by atoms with E-state index in [4.69, 9.17) is 16.3 Å². The molecule has 0 aliphatic carbocycles. The Balaban J connectivity index is 1.81. The molecule has 7 heteroatoms. The van der Waals surface area contributed by atoms with E-state index in [0.717, 1.165) is 22.9 Å². The summed E-state index contributed by atoms with van der Waals surface area (Å²) in [4.78, 5) is 0. The molecule has 2 aromatic carbocycles. The molecule has 0 aromatic heterocycles. The molecule has 1 heterocycles. The second kappa shape index (κ2) is 9.69. The van der Waals surface area contributed by atoms with Gasteiger partial charge in [0, 0.05) is 17.0 Å². The lowest BCUT2D eigenvalue weighted by molar-refractivity contribution is -0.0910. The number of aliphatic hydroxyl groups excluding tert-OH is 4. The smallest absolute Gasteiger partial charge is 0.173 e. The Labute approximate surface area is 180 Å². The Morgan fingerprint density at radius 3 is 2.31 bits per heavy atom. The van der Waals surface area contributed by atoms with E-state index in [1.54, 1.807) is 12.1 Å². The summed E-state index contributed by atoms with van der Waals surface area (Å²) in [5.74, 6) is 0.999. The Morgan fingerprint density at radius 2 is 1.69 bits per heavy atom. The van der Waals surface area contributed by atoms with Crippen LogP contribution >= 0.6 is 23.4 Å². The first kappa shape index (κ1) is 22.4. The van der Waals surface area contributed by atoms with Crippen molar-refractivity contribution in [3.63, 3.8) is 0 Å². The zero-order valence-corrected chi connectivity index (χ0v) is 18.0. The molecule has 3 rings (SSSR count). The van der Waals surface area contributed by atoms with Gasteiger partial charge in [0.1, 0.15) is 18.0 Å². The second-order valence-electron chi connectivity index (χ2n) is 7.64. The average molecular weight is 439 g/mol. The molecule has 0 bridgehead atoms. The van der Waals surface area contributed by atoms with Crippen LogP contribution in [0.5, 0.6) is 5.75 Å². The van der Waals surface area contributed by atoms with Crippen LogP contribution in [-0.2, 0) is 6.42 Å². The summed E-state index contributed by atoms with van der Waals surface area (Å²) in [6.07, 6.45) is -3.30. The van der Waals surface area contributed by atoms with Crippen LogP contribution in [0, 0.1) is 0 Å². The predicted molar refractivity (Wildman–Crippen MR) is 116 cm³/mol. The summed E-state index contributed by atoms with van der Waals surface area (Å²) in [5, 5.41) is 39.8. The predicted octanol–water partition coefficient (Wildman–Crippen LogP) is 2.95. The van der Waals surface area contributed by atoms with Gasteiger partial charge in [0.05, 0.1) is 18.0 Å². The molecule has 5 nitrogen and oxygen atoms in total. The maximum Gasteiger partial charge on any atom is 0.173 e. The van der Waals surface area contributed by atoms with Crippen molar-refractivity contribution in [3.05, 3.63) is 64.2 Å². The minimum atomic E-state index is -1.39.